The molecule has 0 saturated carbocycles. The maximum absolute atomic E-state index is 5.97. The Labute approximate surface area is 116 Å². The summed E-state index contributed by atoms with van der Waals surface area (Å²) >= 11 is 11.8. The Morgan fingerprint density at radius 2 is 2.00 bits per heavy atom. The molecule has 0 amide bonds. The van der Waals surface area contributed by atoms with Gasteiger partial charge in [-0.15, -0.1) is 0 Å². The lowest BCUT2D eigenvalue weighted by Crippen LogP contribution is -2.06. The molecule has 18 heavy (non-hydrogen) atoms. The Bertz CT molecular complexity index is 546. The van der Waals surface area contributed by atoms with E-state index in [0.29, 0.717) is 28.1 Å². The van der Waals surface area contributed by atoms with Crippen LogP contribution < -0.4 is 10.1 Å². The first-order chi connectivity index (χ1) is 8.69. The van der Waals surface area contributed by atoms with Gasteiger partial charge in [0.05, 0.1) is 11.2 Å². The fourth-order valence-electron chi connectivity index (χ4n) is 1.54. The fourth-order valence-corrected chi connectivity index (χ4v) is 1.86. The van der Waals surface area contributed by atoms with Gasteiger partial charge in [-0.05, 0) is 19.2 Å². The van der Waals surface area contributed by atoms with E-state index in [1.165, 1.54) is 0 Å². The van der Waals surface area contributed by atoms with Crippen LogP contribution >= 0.6 is 23.2 Å². The molecule has 2 rings (SSSR count). The molecule has 0 fully saturated rings. The Kier molecular flexibility index (Phi) is 4.42. The summed E-state index contributed by atoms with van der Waals surface area (Å²) in [5, 5.41) is 4.23. The second-order valence-electron chi connectivity index (χ2n) is 3.72. The highest BCUT2D eigenvalue weighted by Gasteiger charge is 2.06. The van der Waals surface area contributed by atoms with Crippen LogP contribution in [0, 0.1) is 0 Å². The summed E-state index contributed by atoms with van der Waals surface area (Å²) < 4.78 is 5.75. The van der Waals surface area contributed by atoms with Crippen LogP contribution in [-0.4, -0.2) is 12.0 Å². The van der Waals surface area contributed by atoms with E-state index in [2.05, 4.69) is 10.3 Å². The highest BCUT2D eigenvalue weighted by Crippen LogP contribution is 2.29. The van der Waals surface area contributed by atoms with Gasteiger partial charge in [0.15, 0.2) is 0 Å². The van der Waals surface area contributed by atoms with Crippen LogP contribution in [0.3, 0.4) is 0 Å². The average molecular weight is 283 g/mol. The number of aromatic nitrogens is 1. The van der Waals surface area contributed by atoms with Crippen LogP contribution in [0.1, 0.15) is 5.56 Å². The van der Waals surface area contributed by atoms with Crippen molar-refractivity contribution in [2.45, 2.75) is 6.54 Å². The molecule has 0 bridgehead atoms. The van der Waals surface area contributed by atoms with Crippen LogP contribution in [0.5, 0.6) is 11.5 Å². The molecule has 0 spiro atoms. The monoisotopic (exact) mass is 282 g/mol. The van der Waals surface area contributed by atoms with Crippen molar-refractivity contribution in [1.82, 2.24) is 10.3 Å². The van der Waals surface area contributed by atoms with Crippen LogP contribution in [-0.2, 0) is 6.54 Å². The molecule has 3 nitrogen and oxygen atoms in total. The molecule has 0 radical (unpaired) electrons. The summed E-state index contributed by atoms with van der Waals surface area (Å²) in [6.45, 7) is 0.695. The van der Waals surface area contributed by atoms with Gasteiger partial charge in [0.25, 0.3) is 0 Å². The van der Waals surface area contributed by atoms with Gasteiger partial charge in [0, 0.05) is 29.4 Å². The van der Waals surface area contributed by atoms with Gasteiger partial charge in [0.2, 0.25) is 0 Å². The maximum atomic E-state index is 5.97. The molecule has 0 aliphatic rings. The summed E-state index contributed by atoms with van der Waals surface area (Å²) in [5.74, 6) is 1.28. The SMILES string of the molecule is CNCc1ccc(Cl)cc1Oc1cncc(Cl)c1. The van der Waals surface area contributed by atoms with Gasteiger partial charge in [-0.25, -0.2) is 0 Å². The Morgan fingerprint density at radius 3 is 2.72 bits per heavy atom. The lowest BCUT2D eigenvalue weighted by Gasteiger charge is -2.11. The smallest absolute Gasteiger partial charge is 0.147 e. The van der Waals surface area contributed by atoms with Crippen molar-refractivity contribution in [3.05, 3.63) is 52.3 Å². The van der Waals surface area contributed by atoms with Crippen molar-refractivity contribution in [1.29, 1.82) is 0 Å². The normalized spacial score (nSPS) is 10.4. The quantitative estimate of drug-likeness (QED) is 0.924. The van der Waals surface area contributed by atoms with Crippen molar-refractivity contribution >= 4 is 23.2 Å². The summed E-state index contributed by atoms with van der Waals surface area (Å²) in [6.07, 6.45) is 3.16. The molecule has 0 atom stereocenters. The predicted octanol–water partition coefficient (Wildman–Crippen LogP) is 3.90. The van der Waals surface area contributed by atoms with Crippen molar-refractivity contribution in [3.63, 3.8) is 0 Å². The Balaban J connectivity index is 2.29. The molecule has 2 aromatic rings. The highest BCUT2D eigenvalue weighted by molar-refractivity contribution is 6.31. The molecule has 5 heteroatoms. The number of halogens is 2. The fraction of sp³-hybridized carbons (Fsp3) is 0.154. The van der Waals surface area contributed by atoms with Crippen molar-refractivity contribution in [3.8, 4) is 11.5 Å². The van der Waals surface area contributed by atoms with Crippen molar-refractivity contribution in [2.24, 2.45) is 0 Å². The summed E-state index contributed by atoms with van der Waals surface area (Å²) in [7, 11) is 1.87. The standard InChI is InChI=1S/C13H12Cl2N2O/c1-16-6-9-2-3-10(14)5-13(9)18-12-4-11(15)7-17-8-12/h2-5,7-8,16H,6H2,1H3. The van der Waals surface area contributed by atoms with Crippen LogP contribution in [0.15, 0.2) is 36.7 Å². The summed E-state index contributed by atoms with van der Waals surface area (Å²) in [6, 6.07) is 7.23. The molecule has 0 unspecified atom stereocenters. The van der Waals surface area contributed by atoms with Crippen LogP contribution in [0.25, 0.3) is 0 Å². The number of nitrogens with zero attached hydrogens (tertiary/aromatic N) is 1. The third-order valence-corrected chi connectivity index (χ3v) is 2.75. The zero-order valence-electron chi connectivity index (χ0n) is 9.78. The molecule has 1 aromatic heterocycles. The van der Waals surface area contributed by atoms with Gasteiger partial charge in [-0.3, -0.25) is 4.98 Å². The molecule has 1 heterocycles. The second kappa shape index (κ2) is 6.05. The van der Waals surface area contributed by atoms with E-state index in [0.717, 1.165) is 5.56 Å². The minimum Gasteiger partial charge on any atom is -0.455 e. The van der Waals surface area contributed by atoms with Gasteiger partial charge >= 0.3 is 0 Å². The zero-order chi connectivity index (χ0) is 13.0. The lowest BCUT2D eigenvalue weighted by molar-refractivity contribution is 0.472. The van der Waals surface area contributed by atoms with Crippen molar-refractivity contribution < 1.29 is 4.74 Å². The predicted molar refractivity (Wildman–Crippen MR) is 73.5 cm³/mol. The number of nitrogens with one attached hydrogen (secondary N) is 1. The molecule has 94 valence electrons. The Hall–Kier alpha value is -1.29. The van der Waals surface area contributed by atoms with E-state index in [4.69, 9.17) is 27.9 Å². The minimum atomic E-state index is 0.532. The zero-order valence-corrected chi connectivity index (χ0v) is 11.3. The van der Waals surface area contributed by atoms with E-state index >= 15 is 0 Å². The number of pyridine rings is 1. The number of hydrogen-bond donors (Lipinski definition) is 1. The molecule has 0 saturated heterocycles. The van der Waals surface area contributed by atoms with E-state index in [9.17, 15) is 0 Å². The van der Waals surface area contributed by atoms with Gasteiger partial charge < -0.3 is 10.1 Å². The number of rotatable bonds is 4. The Morgan fingerprint density at radius 1 is 1.17 bits per heavy atom. The van der Waals surface area contributed by atoms with Crippen molar-refractivity contribution in [2.75, 3.05) is 7.05 Å². The highest BCUT2D eigenvalue weighted by atomic mass is 35.5. The van der Waals surface area contributed by atoms with E-state index < -0.39 is 0 Å². The maximum Gasteiger partial charge on any atom is 0.147 e. The van der Waals surface area contributed by atoms with Gasteiger partial charge in [-0.2, -0.15) is 0 Å². The van der Waals surface area contributed by atoms with Gasteiger partial charge in [-0.1, -0.05) is 29.3 Å². The first-order valence-corrected chi connectivity index (χ1v) is 6.16. The number of hydrogen-bond acceptors (Lipinski definition) is 3. The van der Waals surface area contributed by atoms with Crippen LogP contribution in [0.4, 0.5) is 0 Å². The number of benzene rings is 1. The largest absolute Gasteiger partial charge is 0.455 e. The molecular formula is C13H12Cl2N2O. The van der Waals surface area contributed by atoms with E-state index in [-0.39, 0.29) is 0 Å². The molecule has 1 N–H and O–H groups in total. The third kappa shape index (κ3) is 3.35. The number of ether oxygens (including phenoxy) is 1. The second-order valence-corrected chi connectivity index (χ2v) is 4.60. The van der Waals surface area contributed by atoms with Crippen LogP contribution in [0.2, 0.25) is 10.0 Å². The van der Waals surface area contributed by atoms with E-state index in [1.54, 1.807) is 24.5 Å². The average Bonchev–Trinajstić information content (AvgIpc) is 2.33. The molecule has 1 aromatic carbocycles. The first kappa shape index (κ1) is 13.1. The third-order valence-electron chi connectivity index (χ3n) is 2.30. The van der Waals surface area contributed by atoms with Gasteiger partial charge in [0.1, 0.15) is 11.5 Å². The minimum absolute atomic E-state index is 0.532. The molecule has 0 aliphatic carbocycles. The van der Waals surface area contributed by atoms with E-state index in [1.807, 2.05) is 19.2 Å². The summed E-state index contributed by atoms with van der Waals surface area (Å²) in [5.41, 5.74) is 1.02. The molecule has 0 aliphatic heterocycles. The lowest BCUT2D eigenvalue weighted by atomic mass is 10.2. The molecular weight excluding hydrogens is 271 g/mol. The summed E-state index contributed by atoms with van der Waals surface area (Å²) in [4.78, 5) is 3.97. The topological polar surface area (TPSA) is 34.1 Å². The first-order valence-electron chi connectivity index (χ1n) is 5.40.